The van der Waals surface area contributed by atoms with Crippen molar-refractivity contribution in [1.29, 1.82) is 0 Å². The number of fused-ring (bicyclic) bond motifs is 2. The minimum Gasteiger partial charge on any atom is -0.349 e. The van der Waals surface area contributed by atoms with Crippen molar-refractivity contribution in [3.8, 4) is 0 Å². The van der Waals surface area contributed by atoms with Crippen molar-refractivity contribution >= 4 is 29.1 Å². The summed E-state index contributed by atoms with van der Waals surface area (Å²) in [6.07, 6.45) is 5.61. The van der Waals surface area contributed by atoms with Crippen LogP contribution in [0.4, 0.5) is 0 Å². The van der Waals surface area contributed by atoms with Gasteiger partial charge in [-0.15, -0.1) is 0 Å². The molecule has 2 bridgehead atoms. The molecule has 2 aliphatic rings. The second kappa shape index (κ2) is 6.15. The van der Waals surface area contributed by atoms with Crippen LogP contribution >= 0.6 is 23.2 Å². The molecule has 1 aromatic rings. The van der Waals surface area contributed by atoms with Gasteiger partial charge in [-0.2, -0.15) is 0 Å². The predicted octanol–water partition coefficient (Wildman–Crippen LogP) is 3.63. The van der Waals surface area contributed by atoms with E-state index in [-0.39, 0.29) is 11.9 Å². The molecule has 3 rings (SSSR count). The largest absolute Gasteiger partial charge is 0.349 e. The standard InChI is InChI=1S/C16H20Cl2N2O/c17-13-5-4-11(8-14(13)18)16(21)20-15-9-2-1-3-10(15)7-12(19)6-9/h4-5,8-10,12,15H,1-3,6-7,19H2,(H,20,21). The van der Waals surface area contributed by atoms with Crippen LogP contribution in [0.15, 0.2) is 18.2 Å². The number of hydrogen-bond donors (Lipinski definition) is 2. The number of hydrogen-bond acceptors (Lipinski definition) is 2. The molecule has 21 heavy (non-hydrogen) atoms. The van der Waals surface area contributed by atoms with E-state index in [9.17, 15) is 4.79 Å². The van der Waals surface area contributed by atoms with Crippen LogP contribution in [0.2, 0.25) is 10.0 Å². The Hall–Kier alpha value is -0.770. The van der Waals surface area contributed by atoms with Crippen LogP contribution in [0.5, 0.6) is 0 Å². The van der Waals surface area contributed by atoms with Gasteiger partial charge in [0.05, 0.1) is 10.0 Å². The van der Waals surface area contributed by atoms with Gasteiger partial charge in [0.25, 0.3) is 5.91 Å². The Kier molecular flexibility index (Phi) is 4.43. The molecular weight excluding hydrogens is 307 g/mol. The van der Waals surface area contributed by atoms with Crippen LogP contribution in [0.1, 0.15) is 42.5 Å². The summed E-state index contributed by atoms with van der Waals surface area (Å²) >= 11 is 11.9. The van der Waals surface area contributed by atoms with Crippen molar-refractivity contribution in [2.75, 3.05) is 0 Å². The molecule has 2 atom stereocenters. The molecule has 2 aliphatic carbocycles. The molecule has 3 N–H and O–H groups in total. The van der Waals surface area contributed by atoms with Gasteiger partial charge in [0, 0.05) is 17.6 Å². The summed E-state index contributed by atoms with van der Waals surface area (Å²) in [5, 5.41) is 4.09. The molecule has 2 unspecified atom stereocenters. The van der Waals surface area contributed by atoms with E-state index in [0.29, 0.717) is 33.5 Å². The van der Waals surface area contributed by atoms with E-state index in [1.54, 1.807) is 18.2 Å². The molecule has 0 aromatic heterocycles. The maximum absolute atomic E-state index is 12.4. The van der Waals surface area contributed by atoms with E-state index in [2.05, 4.69) is 5.32 Å². The molecular formula is C16H20Cl2N2O. The predicted molar refractivity (Wildman–Crippen MR) is 85.8 cm³/mol. The first-order valence-corrected chi connectivity index (χ1v) is 8.31. The minimum atomic E-state index is -0.0639. The third kappa shape index (κ3) is 3.20. The molecule has 2 saturated carbocycles. The second-order valence-electron chi connectivity index (χ2n) is 6.31. The highest BCUT2D eigenvalue weighted by atomic mass is 35.5. The van der Waals surface area contributed by atoms with Crippen LogP contribution in [0, 0.1) is 11.8 Å². The smallest absolute Gasteiger partial charge is 0.251 e. The Bertz CT molecular complexity index is 535. The number of nitrogens with two attached hydrogens (primary N) is 1. The van der Waals surface area contributed by atoms with Gasteiger partial charge in [-0.3, -0.25) is 4.79 Å². The fourth-order valence-corrected chi connectivity index (χ4v) is 4.19. The lowest BCUT2D eigenvalue weighted by molar-refractivity contribution is 0.0756. The first-order chi connectivity index (χ1) is 10.0. The lowest BCUT2D eigenvalue weighted by Crippen LogP contribution is -2.53. The molecule has 0 radical (unpaired) electrons. The van der Waals surface area contributed by atoms with Crippen molar-refractivity contribution in [1.82, 2.24) is 5.32 Å². The van der Waals surface area contributed by atoms with Crippen LogP contribution in [0.25, 0.3) is 0 Å². The van der Waals surface area contributed by atoms with Crippen LogP contribution in [-0.4, -0.2) is 18.0 Å². The van der Waals surface area contributed by atoms with Gasteiger partial charge in [0.2, 0.25) is 0 Å². The maximum atomic E-state index is 12.4. The van der Waals surface area contributed by atoms with Gasteiger partial charge < -0.3 is 11.1 Å². The Morgan fingerprint density at radius 3 is 2.43 bits per heavy atom. The first kappa shape index (κ1) is 15.1. The minimum absolute atomic E-state index is 0.0639. The maximum Gasteiger partial charge on any atom is 0.251 e. The monoisotopic (exact) mass is 326 g/mol. The van der Waals surface area contributed by atoms with Gasteiger partial charge in [-0.1, -0.05) is 29.6 Å². The zero-order valence-corrected chi connectivity index (χ0v) is 13.3. The average molecular weight is 327 g/mol. The first-order valence-electron chi connectivity index (χ1n) is 7.56. The molecule has 114 valence electrons. The fraction of sp³-hybridized carbons (Fsp3) is 0.562. The summed E-state index contributed by atoms with van der Waals surface area (Å²) < 4.78 is 0. The number of carbonyl (C=O) groups excluding carboxylic acids is 1. The van der Waals surface area contributed by atoms with E-state index < -0.39 is 0 Å². The normalized spacial score (nSPS) is 31.8. The summed E-state index contributed by atoms with van der Waals surface area (Å²) in [5.74, 6) is 0.962. The van der Waals surface area contributed by atoms with E-state index in [4.69, 9.17) is 28.9 Å². The average Bonchev–Trinajstić information content (AvgIpc) is 2.42. The Labute approximate surface area is 135 Å². The number of amides is 1. The molecule has 5 heteroatoms. The highest BCUT2D eigenvalue weighted by molar-refractivity contribution is 6.42. The summed E-state index contributed by atoms with van der Waals surface area (Å²) in [7, 11) is 0. The molecule has 0 spiro atoms. The number of halogens is 2. The van der Waals surface area contributed by atoms with Gasteiger partial charge in [-0.05, 0) is 55.7 Å². The molecule has 0 saturated heterocycles. The van der Waals surface area contributed by atoms with Crippen molar-refractivity contribution in [3.63, 3.8) is 0 Å². The number of carbonyl (C=O) groups is 1. The number of rotatable bonds is 2. The molecule has 1 aromatic carbocycles. The Morgan fingerprint density at radius 1 is 1.14 bits per heavy atom. The zero-order chi connectivity index (χ0) is 15.0. The Balaban J connectivity index is 1.73. The van der Waals surface area contributed by atoms with E-state index in [0.717, 1.165) is 25.7 Å². The van der Waals surface area contributed by atoms with Gasteiger partial charge >= 0.3 is 0 Å². The lowest BCUT2D eigenvalue weighted by Gasteiger charge is -2.45. The van der Waals surface area contributed by atoms with E-state index in [1.807, 2.05) is 0 Å². The third-order valence-electron chi connectivity index (χ3n) is 4.86. The van der Waals surface area contributed by atoms with Crippen LogP contribution < -0.4 is 11.1 Å². The fourth-order valence-electron chi connectivity index (χ4n) is 3.90. The molecule has 1 amide bonds. The van der Waals surface area contributed by atoms with E-state index >= 15 is 0 Å². The quantitative estimate of drug-likeness (QED) is 0.871. The van der Waals surface area contributed by atoms with Crippen molar-refractivity contribution in [3.05, 3.63) is 33.8 Å². The third-order valence-corrected chi connectivity index (χ3v) is 5.60. The summed E-state index contributed by atoms with van der Waals surface area (Å²) in [6, 6.07) is 5.55. The molecule has 2 fully saturated rings. The second-order valence-corrected chi connectivity index (χ2v) is 7.13. The van der Waals surface area contributed by atoms with Crippen molar-refractivity contribution in [2.45, 2.75) is 44.2 Å². The molecule has 0 heterocycles. The lowest BCUT2D eigenvalue weighted by atomic mass is 9.67. The Morgan fingerprint density at radius 2 is 1.81 bits per heavy atom. The SMILES string of the molecule is NC1CC2CCCC(C1)C2NC(=O)c1ccc(Cl)c(Cl)c1. The molecule has 3 nitrogen and oxygen atoms in total. The topological polar surface area (TPSA) is 55.1 Å². The molecule has 0 aliphatic heterocycles. The van der Waals surface area contributed by atoms with Gasteiger partial charge in [0.15, 0.2) is 0 Å². The van der Waals surface area contributed by atoms with Crippen LogP contribution in [0.3, 0.4) is 0 Å². The van der Waals surface area contributed by atoms with Gasteiger partial charge in [0.1, 0.15) is 0 Å². The van der Waals surface area contributed by atoms with Gasteiger partial charge in [-0.25, -0.2) is 0 Å². The van der Waals surface area contributed by atoms with Crippen molar-refractivity contribution in [2.24, 2.45) is 17.6 Å². The zero-order valence-electron chi connectivity index (χ0n) is 11.8. The van der Waals surface area contributed by atoms with Crippen molar-refractivity contribution < 1.29 is 4.79 Å². The highest BCUT2D eigenvalue weighted by Gasteiger charge is 2.39. The van der Waals surface area contributed by atoms with E-state index in [1.165, 1.54) is 6.42 Å². The number of benzene rings is 1. The highest BCUT2D eigenvalue weighted by Crippen LogP contribution is 2.39. The summed E-state index contributed by atoms with van der Waals surface area (Å²) in [4.78, 5) is 12.4. The number of nitrogens with one attached hydrogen (secondary N) is 1. The summed E-state index contributed by atoms with van der Waals surface area (Å²) in [6.45, 7) is 0. The van der Waals surface area contributed by atoms with Crippen LogP contribution in [-0.2, 0) is 0 Å². The summed E-state index contributed by atoms with van der Waals surface area (Å²) in [5.41, 5.74) is 6.69.